The fourth-order valence-electron chi connectivity index (χ4n) is 3.82. The highest BCUT2D eigenvalue weighted by molar-refractivity contribution is 7.89. The molecule has 0 spiro atoms. The molecule has 1 heterocycles. The molecular weight excluding hydrogens is 440 g/mol. The van der Waals surface area contributed by atoms with Crippen LogP contribution in [0, 0.1) is 5.82 Å². The fraction of sp³-hybridized carbons (Fsp3) is 0.250. The van der Waals surface area contributed by atoms with Crippen molar-refractivity contribution in [2.75, 3.05) is 13.1 Å². The highest BCUT2D eigenvalue weighted by Crippen LogP contribution is 2.31. The fourth-order valence-corrected chi connectivity index (χ4v) is 4.90. The molecule has 1 N–H and O–H groups in total. The molecule has 168 valence electrons. The molecule has 0 aromatic heterocycles. The third-order valence-corrected chi connectivity index (χ3v) is 6.64. The molecule has 0 bridgehead atoms. The molecule has 2 atom stereocenters. The maximum atomic E-state index is 13.6. The first-order valence-corrected chi connectivity index (χ1v) is 11.4. The van der Waals surface area contributed by atoms with E-state index in [9.17, 15) is 22.1 Å². The van der Waals surface area contributed by atoms with Gasteiger partial charge >= 0.3 is 6.18 Å². The zero-order valence-corrected chi connectivity index (χ0v) is 17.9. The van der Waals surface area contributed by atoms with E-state index in [2.05, 4.69) is 46.0 Å². The number of halogens is 4. The molecule has 4 rings (SSSR count). The van der Waals surface area contributed by atoms with Gasteiger partial charge in [0.05, 0.1) is 23.0 Å². The molecule has 32 heavy (non-hydrogen) atoms. The minimum absolute atomic E-state index is 0.156. The first-order chi connectivity index (χ1) is 15.3. The van der Waals surface area contributed by atoms with Crippen LogP contribution in [0.1, 0.15) is 17.5 Å². The van der Waals surface area contributed by atoms with Gasteiger partial charge in [0.15, 0.2) is 4.90 Å². The van der Waals surface area contributed by atoms with Gasteiger partial charge < -0.3 is 4.55 Å². The summed E-state index contributed by atoms with van der Waals surface area (Å²) in [6.45, 7) is 2.10. The van der Waals surface area contributed by atoms with Crippen LogP contribution in [-0.2, 0) is 24.1 Å². The highest BCUT2D eigenvalue weighted by Gasteiger charge is 2.34. The van der Waals surface area contributed by atoms with Gasteiger partial charge in [-0.2, -0.15) is 13.2 Å². The Kier molecular flexibility index (Phi) is 6.85. The van der Waals surface area contributed by atoms with Crippen molar-refractivity contribution in [2.24, 2.45) is 0 Å². The summed E-state index contributed by atoms with van der Waals surface area (Å²) in [6.07, 6.45) is -3.99. The molecule has 1 aliphatic heterocycles. The first kappa shape index (κ1) is 22.8. The molecule has 0 unspecified atom stereocenters. The Labute approximate surface area is 187 Å². The van der Waals surface area contributed by atoms with Crippen LogP contribution in [0.3, 0.4) is 0 Å². The summed E-state index contributed by atoms with van der Waals surface area (Å²) >= 11 is -1.93. The summed E-state index contributed by atoms with van der Waals surface area (Å²) in [6, 6.07) is 20.2. The number of benzene rings is 3. The van der Waals surface area contributed by atoms with Crippen molar-refractivity contribution in [1.82, 2.24) is 9.62 Å². The largest absolute Gasteiger partial charge is 0.593 e. The van der Waals surface area contributed by atoms with Gasteiger partial charge in [0, 0.05) is 31.8 Å². The van der Waals surface area contributed by atoms with Crippen molar-refractivity contribution in [3.05, 3.63) is 89.7 Å². The average molecular weight is 463 g/mol. The average Bonchev–Trinajstić information content (AvgIpc) is 3.20. The predicted octanol–water partition coefficient (Wildman–Crippen LogP) is 5.40. The smallest absolute Gasteiger partial charge is 0.416 e. The topological polar surface area (TPSA) is 38.3 Å². The van der Waals surface area contributed by atoms with Gasteiger partial charge in [-0.25, -0.2) is 4.39 Å². The minimum Gasteiger partial charge on any atom is -0.593 e. The second-order valence-electron chi connectivity index (χ2n) is 7.84. The number of hydrogen-bond donors (Lipinski definition) is 1. The van der Waals surface area contributed by atoms with Crippen LogP contribution in [0.25, 0.3) is 11.1 Å². The van der Waals surface area contributed by atoms with Gasteiger partial charge in [-0.1, -0.05) is 54.6 Å². The van der Waals surface area contributed by atoms with Gasteiger partial charge in [0.2, 0.25) is 0 Å². The molecule has 0 aliphatic carbocycles. The highest BCUT2D eigenvalue weighted by atomic mass is 32.2. The number of likely N-dealkylation sites (tertiary alicyclic amines) is 1. The Morgan fingerprint density at radius 3 is 2.34 bits per heavy atom. The third kappa shape index (κ3) is 5.69. The molecule has 8 heteroatoms. The molecule has 1 aliphatic rings. The van der Waals surface area contributed by atoms with Gasteiger partial charge in [-0.3, -0.25) is 4.90 Å². The standard InChI is InChI=1S/C24H22F4N2OS/c25-21-12-20(24(26,27)28)13-23(14-21)32(31)29-22-10-11-30(16-22)15-17-6-8-19(9-7-17)18-4-2-1-3-5-18/h1-9,12-14,22,29H,10-11,15-16H2/t22-,32+/m1/s1. The van der Waals surface area contributed by atoms with Crippen molar-refractivity contribution in [1.29, 1.82) is 0 Å². The normalized spacial score (nSPS) is 18.1. The van der Waals surface area contributed by atoms with Crippen LogP contribution in [0.5, 0.6) is 0 Å². The first-order valence-electron chi connectivity index (χ1n) is 10.2. The SMILES string of the molecule is [O-][S@+](N[C@@H]1CCN(Cc2ccc(-c3ccccc3)cc2)C1)c1cc(F)cc(C(F)(F)F)c1. The Bertz CT molecular complexity index is 1040. The second-order valence-corrected chi connectivity index (χ2v) is 9.09. The monoisotopic (exact) mass is 462 g/mol. The van der Waals surface area contributed by atoms with Crippen molar-refractivity contribution in [3.8, 4) is 11.1 Å². The Morgan fingerprint density at radius 1 is 0.969 bits per heavy atom. The summed E-state index contributed by atoms with van der Waals surface area (Å²) in [5.74, 6) is -1.06. The molecule has 0 saturated carbocycles. The summed E-state index contributed by atoms with van der Waals surface area (Å²) in [5, 5.41) is 0. The Morgan fingerprint density at radius 2 is 1.66 bits per heavy atom. The summed E-state index contributed by atoms with van der Waals surface area (Å²) in [5.41, 5.74) is 2.29. The molecule has 3 nitrogen and oxygen atoms in total. The van der Waals surface area contributed by atoms with Crippen molar-refractivity contribution in [3.63, 3.8) is 0 Å². The van der Waals surface area contributed by atoms with Crippen LogP contribution in [0.4, 0.5) is 17.6 Å². The molecule has 0 amide bonds. The lowest BCUT2D eigenvalue weighted by atomic mass is 10.0. The lowest BCUT2D eigenvalue weighted by Crippen LogP contribution is -2.37. The van der Waals surface area contributed by atoms with E-state index in [0.717, 1.165) is 41.9 Å². The van der Waals surface area contributed by atoms with Gasteiger partial charge in [0.25, 0.3) is 0 Å². The van der Waals surface area contributed by atoms with E-state index in [1.54, 1.807) is 0 Å². The maximum absolute atomic E-state index is 13.6. The maximum Gasteiger partial charge on any atom is 0.416 e. The van der Waals surface area contributed by atoms with E-state index in [1.807, 2.05) is 18.2 Å². The molecular formula is C24H22F4N2OS. The predicted molar refractivity (Wildman–Crippen MR) is 117 cm³/mol. The number of hydrogen-bond acceptors (Lipinski definition) is 3. The van der Waals surface area contributed by atoms with Crippen molar-refractivity contribution >= 4 is 11.4 Å². The molecule has 3 aromatic carbocycles. The van der Waals surface area contributed by atoms with E-state index in [1.165, 1.54) is 0 Å². The molecule has 1 fully saturated rings. The van der Waals surface area contributed by atoms with Gasteiger partial charge in [0.1, 0.15) is 5.82 Å². The van der Waals surface area contributed by atoms with E-state index >= 15 is 0 Å². The summed E-state index contributed by atoms with van der Waals surface area (Å²) < 4.78 is 67.7. The van der Waals surface area contributed by atoms with Crippen molar-refractivity contribution < 1.29 is 22.1 Å². The number of nitrogens with one attached hydrogen (secondary N) is 1. The quantitative estimate of drug-likeness (QED) is 0.394. The Balaban J connectivity index is 1.33. The van der Waals surface area contributed by atoms with E-state index in [4.69, 9.17) is 0 Å². The zero-order chi connectivity index (χ0) is 22.7. The van der Waals surface area contributed by atoms with E-state index < -0.39 is 28.9 Å². The van der Waals surface area contributed by atoms with Crippen LogP contribution in [0.15, 0.2) is 77.7 Å². The van der Waals surface area contributed by atoms with Crippen LogP contribution in [-0.4, -0.2) is 28.6 Å². The van der Waals surface area contributed by atoms with Gasteiger partial charge in [-0.05, 0) is 29.2 Å². The van der Waals surface area contributed by atoms with E-state index in [-0.39, 0.29) is 10.9 Å². The Hall–Kier alpha value is -2.39. The van der Waals surface area contributed by atoms with Crippen LogP contribution < -0.4 is 4.72 Å². The number of rotatable bonds is 6. The lowest BCUT2D eigenvalue weighted by molar-refractivity contribution is -0.137. The molecule has 3 aromatic rings. The number of nitrogens with zero attached hydrogens (tertiary/aromatic N) is 1. The zero-order valence-electron chi connectivity index (χ0n) is 17.1. The van der Waals surface area contributed by atoms with Crippen molar-refractivity contribution in [2.45, 2.75) is 30.1 Å². The van der Waals surface area contributed by atoms with E-state index in [0.29, 0.717) is 19.0 Å². The van der Waals surface area contributed by atoms with Crippen LogP contribution >= 0.6 is 0 Å². The summed E-state index contributed by atoms with van der Waals surface area (Å²) in [4.78, 5) is 1.98. The summed E-state index contributed by atoms with van der Waals surface area (Å²) in [7, 11) is 0. The second kappa shape index (κ2) is 9.62. The molecule has 1 saturated heterocycles. The minimum atomic E-state index is -4.69. The van der Waals surface area contributed by atoms with Crippen LogP contribution in [0.2, 0.25) is 0 Å². The third-order valence-electron chi connectivity index (χ3n) is 5.43. The number of alkyl halides is 3. The lowest BCUT2D eigenvalue weighted by Gasteiger charge is -2.18. The molecule has 0 radical (unpaired) electrons. The van der Waals surface area contributed by atoms with Gasteiger partial charge in [-0.15, -0.1) is 4.72 Å².